The molecular formula is C19H26N4O2S2. The summed E-state index contributed by atoms with van der Waals surface area (Å²) >= 11 is 2.96. The molecule has 0 spiro atoms. The van der Waals surface area contributed by atoms with Crippen LogP contribution in [-0.2, 0) is 11.3 Å². The maximum absolute atomic E-state index is 12.1. The summed E-state index contributed by atoms with van der Waals surface area (Å²) in [5, 5.41) is 12.1. The molecule has 0 aromatic carbocycles. The van der Waals surface area contributed by atoms with Crippen molar-refractivity contribution < 1.29 is 9.59 Å². The van der Waals surface area contributed by atoms with Gasteiger partial charge in [-0.25, -0.2) is 4.98 Å². The average Bonchev–Trinajstić information content (AvgIpc) is 3.31. The van der Waals surface area contributed by atoms with Crippen LogP contribution in [0.25, 0.3) is 0 Å². The van der Waals surface area contributed by atoms with Gasteiger partial charge in [-0.3, -0.25) is 14.5 Å². The molecule has 0 radical (unpaired) electrons. The number of thiazole rings is 1. The highest BCUT2D eigenvalue weighted by molar-refractivity contribution is 7.13. The van der Waals surface area contributed by atoms with Gasteiger partial charge in [-0.2, -0.15) is 11.3 Å². The molecule has 0 bridgehead atoms. The lowest BCUT2D eigenvalue weighted by atomic mass is 10.0. The molecule has 1 fully saturated rings. The molecule has 1 aliphatic rings. The Bertz CT molecular complexity index is 745. The Hall–Kier alpha value is -1.77. The minimum absolute atomic E-state index is 0.0627. The standard InChI is InChI=1S/C19H26N4O2S2/c1-14-4-3-8-23(10-14)11-16-13-27-19(21-16)22-17(24)5-2-7-20-18(25)15-6-9-26-12-15/h6,9,12-14H,2-5,7-8,10-11H2,1H3,(H,20,25)(H,21,22,24). The lowest BCUT2D eigenvalue weighted by Gasteiger charge is -2.30. The first-order valence-corrected chi connectivity index (χ1v) is 11.2. The second-order valence-corrected chi connectivity index (χ2v) is 8.68. The van der Waals surface area contributed by atoms with E-state index in [2.05, 4.69) is 27.4 Å². The van der Waals surface area contributed by atoms with Gasteiger partial charge < -0.3 is 10.6 Å². The lowest BCUT2D eigenvalue weighted by Crippen LogP contribution is -2.33. The number of piperidine rings is 1. The van der Waals surface area contributed by atoms with E-state index in [0.29, 0.717) is 30.1 Å². The number of carbonyl (C=O) groups excluding carboxylic acids is 2. The molecule has 2 N–H and O–H groups in total. The minimum atomic E-state index is -0.0896. The molecule has 2 aromatic heterocycles. The number of hydrogen-bond acceptors (Lipinski definition) is 6. The number of thiophene rings is 1. The number of amides is 2. The molecule has 0 saturated carbocycles. The van der Waals surface area contributed by atoms with Crippen molar-refractivity contribution in [3.8, 4) is 0 Å². The Kier molecular flexibility index (Phi) is 7.37. The monoisotopic (exact) mass is 406 g/mol. The van der Waals surface area contributed by atoms with E-state index in [4.69, 9.17) is 0 Å². The van der Waals surface area contributed by atoms with Gasteiger partial charge in [0.25, 0.3) is 5.91 Å². The van der Waals surface area contributed by atoms with Gasteiger partial charge in [-0.1, -0.05) is 6.92 Å². The number of likely N-dealkylation sites (tertiary alicyclic amines) is 1. The topological polar surface area (TPSA) is 74.3 Å². The largest absolute Gasteiger partial charge is 0.352 e. The van der Waals surface area contributed by atoms with E-state index >= 15 is 0 Å². The third-order valence-corrected chi connectivity index (χ3v) is 6.06. The summed E-state index contributed by atoms with van der Waals surface area (Å²) in [7, 11) is 0. The van der Waals surface area contributed by atoms with Gasteiger partial charge in [0.2, 0.25) is 5.91 Å². The fourth-order valence-electron chi connectivity index (χ4n) is 3.22. The van der Waals surface area contributed by atoms with Crippen LogP contribution in [0.1, 0.15) is 48.7 Å². The van der Waals surface area contributed by atoms with E-state index < -0.39 is 0 Å². The number of hydrogen-bond donors (Lipinski definition) is 2. The van der Waals surface area contributed by atoms with Gasteiger partial charge in [-0.05, 0) is 43.2 Å². The van der Waals surface area contributed by atoms with Gasteiger partial charge in [0.05, 0.1) is 5.69 Å². The van der Waals surface area contributed by atoms with E-state index in [0.717, 1.165) is 31.2 Å². The summed E-state index contributed by atoms with van der Waals surface area (Å²) in [4.78, 5) is 30.8. The fourth-order valence-corrected chi connectivity index (χ4v) is 4.58. The Morgan fingerprint density at radius 2 is 2.26 bits per heavy atom. The molecule has 27 heavy (non-hydrogen) atoms. The van der Waals surface area contributed by atoms with Crippen LogP contribution in [0.15, 0.2) is 22.2 Å². The summed E-state index contributed by atoms with van der Waals surface area (Å²) in [6.45, 7) is 5.88. The molecule has 1 aliphatic heterocycles. The molecule has 8 heteroatoms. The van der Waals surface area contributed by atoms with Crippen molar-refractivity contribution in [2.24, 2.45) is 5.92 Å². The molecule has 1 unspecified atom stereocenters. The molecule has 3 heterocycles. The van der Waals surface area contributed by atoms with Crippen LogP contribution in [0, 0.1) is 5.92 Å². The van der Waals surface area contributed by atoms with Crippen LogP contribution in [0.3, 0.4) is 0 Å². The Labute approximate surface area is 168 Å². The van der Waals surface area contributed by atoms with E-state index in [1.54, 1.807) is 6.07 Å². The Morgan fingerprint density at radius 3 is 3.04 bits per heavy atom. The second kappa shape index (κ2) is 9.96. The summed E-state index contributed by atoms with van der Waals surface area (Å²) in [6.07, 6.45) is 3.52. The third kappa shape index (κ3) is 6.41. The molecule has 0 aliphatic carbocycles. The zero-order valence-corrected chi connectivity index (χ0v) is 17.2. The SMILES string of the molecule is CC1CCCN(Cc2csc(NC(=O)CCCNC(=O)c3ccsc3)n2)C1. The second-order valence-electron chi connectivity index (χ2n) is 7.05. The molecular weight excluding hydrogens is 380 g/mol. The average molecular weight is 407 g/mol. The number of rotatable bonds is 8. The van der Waals surface area contributed by atoms with E-state index in [9.17, 15) is 9.59 Å². The smallest absolute Gasteiger partial charge is 0.252 e. The van der Waals surface area contributed by atoms with Crippen LogP contribution in [-0.4, -0.2) is 41.3 Å². The molecule has 6 nitrogen and oxygen atoms in total. The van der Waals surface area contributed by atoms with Gasteiger partial charge in [0.15, 0.2) is 5.13 Å². The summed E-state index contributed by atoms with van der Waals surface area (Å²) in [5.41, 5.74) is 1.69. The summed E-state index contributed by atoms with van der Waals surface area (Å²) < 4.78 is 0. The first-order chi connectivity index (χ1) is 13.1. The van der Waals surface area contributed by atoms with Crippen LogP contribution >= 0.6 is 22.7 Å². The highest BCUT2D eigenvalue weighted by atomic mass is 32.1. The van der Waals surface area contributed by atoms with Crippen LogP contribution in [0.2, 0.25) is 0 Å². The minimum Gasteiger partial charge on any atom is -0.352 e. The van der Waals surface area contributed by atoms with Crippen molar-refractivity contribution >= 4 is 39.6 Å². The number of nitrogens with zero attached hydrogens (tertiary/aromatic N) is 2. The molecule has 2 aromatic rings. The van der Waals surface area contributed by atoms with Crippen molar-refractivity contribution in [1.82, 2.24) is 15.2 Å². The summed E-state index contributed by atoms with van der Waals surface area (Å²) in [6, 6.07) is 1.79. The Morgan fingerprint density at radius 1 is 1.37 bits per heavy atom. The molecule has 1 atom stereocenters. The number of anilines is 1. The zero-order valence-electron chi connectivity index (χ0n) is 15.6. The maximum Gasteiger partial charge on any atom is 0.252 e. The van der Waals surface area contributed by atoms with Gasteiger partial charge in [0, 0.05) is 42.4 Å². The van der Waals surface area contributed by atoms with Crippen molar-refractivity contribution in [2.75, 3.05) is 25.0 Å². The fraction of sp³-hybridized carbons (Fsp3) is 0.526. The van der Waals surface area contributed by atoms with E-state index in [1.165, 1.54) is 35.5 Å². The molecule has 2 amide bonds. The van der Waals surface area contributed by atoms with Gasteiger partial charge in [-0.15, -0.1) is 11.3 Å². The number of nitrogens with one attached hydrogen (secondary N) is 2. The summed E-state index contributed by atoms with van der Waals surface area (Å²) in [5.74, 6) is 0.595. The highest BCUT2D eigenvalue weighted by Crippen LogP contribution is 2.21. The molecule has 146 valence electrons. The van der Waals surface area contributed by atoms with Crippen LogP contribution in [0.4, 0.5) is 5.13 Å². The lowest BCUT2D eigenvalue weighted by molar-refractivity contribution is -0.116. The first kappa shape index (κ1) is 20.0. The maximum atomic E-state index is 12.1. The van der Waals surface area contributed by atoms with Gasteiger partial charge >= 0.3 is 0 Å². The predicted molar refractivity (Wildman–Crippen MR) is 110 cm³/mol. The Balaban J connectivity index is 1.34. The van der Waals surface area contributed by atoms with Crippen molar-refractivity contribution in [1.29, 1.82) is 0 Å². The van der Waals surface area contributed by atoms with E-state index in [1.807, 2.05) is 16.1 Å². The van der Waals surface area contributed by atoms with Gasteiger partial charge in [0.1, 0.15) is 0 Å². The molecule has 3 rings (SSSR count). The van der Waals surface area contributed by atoms with Crippen molar-refractivity contribution in [2.45, 2.75) is 39.2 Å². The third-order valence-electron chi connectivity index (χ3n) is 4.57. The normalized spacial score (nSPS) is 17.6. The first-order valence-electron chi connectivity index (χ1n) is 9.37. The number of aromatic nitrogens is 1. The molecule has 1 saturated heterocycles. The highest BCUT2D eigenvalue weighted by Gasteiger charge is 2.17. The predicted octanol–water partition coefficient (Wildman–Crippen LogP) is 3.59. The van der Waals surface area contributed by atoms with Crippen LogP contribution < -0.4 is 10.6 Å². The van der Waals surface area contributed by atoms with Crippen LogP contribution in [0.5, 0.6) is 0 Å². The number of carbonyl (C=O) groups is 2. The zero-order chi connectivity index (χ0) is 19.1. The van der Waals surface area contributed by atoms with Crippen molar-refractivity contribution in [3.63, 3.8) is 0 Å². The quantitative estimate of drug-likeness (QED) is 0.657. The van der Waals surface area contributed by atoms with E-state index in [-0.39, 0.29) is 11.8 Å². The van der Waals surface area contributed by atoms with Crippen molar-refractivity contribution in [3.05, 3.63) is 33.5 Å².